The van der Waals surface area contributed by atoms with E-state index in [9.17, 15) is 0 Å². The van der Waals surface area contributed by atoms with Gasteiger partial charge in [0.25, 0.3) is 0 Å². The van der Waals surface area contributed by atoms with Gasteiger partial charge in [0.1, 0.15) is 5.75 Å². The third kappa shape index (κ3) is 7.94. The molecule has 170 valence electrons. The molecule has 0 radical (unpaired) electrons. The number of hydrogen-bond donors (Lipinski definition) is 0. The van der Waals surface area contributed by atoms with Gasteiger partial charge < -0.3 is 4.74 Å². The Labute approximate surface area is 190 Å². The molecule has 0 N–H and O–H groups in total. The van der Waals surface area contributed by atoms with Gasteiger partial charge in [-0.1, -0.05) is 78.1 Å². The molecule has 3 nitrogen and oxygen atoms in total. The highest BCUT2D eigenvalue weighted by atomic mass is 16.5. The van der Waals surface area contributed by atoms with E-state index in [4.69, 9.17) is 4.74 Å². The minimum absolute atomic E-state index is 0.823. The Bertz CT molecular complexity index is 726. The molecule has 0 amide bonds. The summed E-state index contributed by atoms with van der Waals surface area (Å²) in [6.07, 6.45) is 21.4. The molecule has 0 aliphatic heterocycles. The van der Waals surface area contributed by atoms with Crippen LogP contribution in [0.5, 0.6) is 5.75 Å². The molecule has 31 heavy (non-hydrogen) atoms. The Morgan fingerprint density at radius 2 is 1.52 bits per heavy atom. The number of unbranched alkanes of at least 4 members (excludes halogenated alkanes) is 4. The first-order valence-electron chi connectivity index (χ1n) is 12.8. The fraction of sp³-hybridized carbons (Fsp3) is 0.643. The number of ether oxygens (including phenoxy) is 1. The van der Waals surface area contributed by atoms with Crippen LogP contribution in [0.1, 0.15) is 96.6 Å². The minimum Gasteiger partial charge on any atom is -0.494 e. The molecule has 0 saturated heterocycles. The van der Waals surface area contributed by atoms with Crippen LogP contribution < -0.4 is 4.74 Å². The second kappa shape index (κ2) is 13.5. The molecule has 1 fully saturated rings. The maximum Gasteiger partial charge on any atom is 0.119 e. The number of aryl methyl sites for hydroxylation is 1. The van der Waals surface area contributed by atoms with E-state index in [-0.39, 0.29) is 0 Å². The summed E-state index contributed by atoms with van der Waals surface area (Å²) in [7, 11) is 0. The largest absolute Gasteiger partial charge is 0.494 e. The molecule has 1 aliphatic rings. The second-order valence-electron chi connectivity index (χ2n) is 9.27. The second-order valence-corrected chi connectivity index (χ2v) is 9.27. The summed E-state index contributed by atoms with van der Waals surface area (Å²) in [6.45, 7) is 5.22. The predicted octanol–water partition coefficient (Wildman–Crippen LogP) is 8.03. The maximum absolute atomic E-state index is 6.05. The van der Waals surface area contributed by atoms with Crippen LogP contribution in [-0.4, -0.2) is 16.6 Å². The van der Waals surface area contributed by atoms with E-state index >= 15 is 0 Å². The molecule has 1 aromatic heterocycles. The Balaban J connectivity index is 1.38. The van der Waals surface area contributed by atoms with Crippen molar-refractivity contribution >= 4 is 0 Å². The van der Waals surface area contributed by atoms with Crippen molar-refractivity contribution in [2.24, 2.45) is 11.8 Å². The lowest BCUT2D eigenvalue weighted by molar-refractivity contribution is 0.190. The first-order chi connectivity index (χ1) is 15.3. The van der Waals surface area contributed by atoms with Crippen molar-refractivity contribution in [1.29, 1.82) is 0 Å². The summed E-state index contributed by atoms with van der Waals surface area (Å²) in [5.41, 5.74) is 3.04. The van der Waals surface area contributed by atoms with Crippen LogP contribution in [0.2, 0.25) is 0 Å². The molecule has 3 heteroatoms. The molecule has 2 unspecified atom stereocenters. The van der Waals surface area contributed by atoms with Crippen LogP contribution in [-0.2, 0) is 6.42 Å². The lowest BCUT2D eigenvalue weighted by atomic mass is 9.74. The van der Waals surface area contributed by atoms with Gasteiger partial charge in [0, 0.05) is 11.8 Å². The van der Waals surface area contributed by atoms with Gasteiger partial charge >= 0.3 is 0 Å². The van der Waals surface area contributed by atoms with Crippen molar-refractivity contribution in [2.45, 2.75) is 97.3 Å². The third-order valence-corrected chi connectivity index (χ3v) is 6.95. The predicted molar refractivity (Wildman–Crippen MR) is 130 cm³/mol. The zero-order valence-corrected chi connectivity index (χ0v) is 19.8. The highest BCUT2D eigenvalue weighted by Gasteiger charge is 2.24. The van der Waals surface area contributed by atoms with Crippen molar-refractivity contribution in [3.05, 3.63) is 42.4 Å². The number of rotatable bonds is 13. The van der Waals surface area contributed by atoms with Gasteiger partial charge in [-0.15, -0.1) is 0 Å². The van der Waals surface area contributed by atoms with Crippen LogP contribution in [0.15, 0.2) is 36.7 Å². The van der Waals surface area contributed by atoms with Crippen molar-refractivity contribution in [3.63, 3.8) is 0 Å². The summed E-state index contributed by atoms with van der Waals surface area (Å²) in [6, 6.07) is 8.29. The quantitative estimate of drug-likeness (QED) is 0.306. The molecule has 2 atom stereocenters. The van der Waals surface area contributed by atoms with Gasteiger partial charge in [-0.05, 0) is 55.4 Å². The van der Waals surface area contributed by atoms with Crippen molar-refractivity contribution in [1.82, 2.24) is 9.97 Å². The number of nitrogens with zero attached hydrogens (tertiary/aromatic N) is 2. The highest BCUT2D eigenvalue weighted by molar-refractivity contribution is 5.58. The summed E-state index contributed by atoms with van der Waals surface area (Å²) in [4.78, 5) is 8.96. The third-order valence-electron chi connectivity index (χ3n) is 6.95. The zero-order valence-electron chi connectivity index (χ0n) is 19.8. The van der Waals surface area contributed by atoms with Gasteiger partial charge in [-0.2, -0.15) is 0 Å². The van der Waals surface area contributed by atoms with Gasteiger partial charge in [-0.3, -0.25) is 9.97 Å². The van der Waals surface area contributed by atoms with E-state index in [0.29, 0.717) is 0 Å². The lowest BCUT2D eigenvalue weighted by Gasteiger charge is -2.31. The molecule has 0 spiro atoms. The van der Waals surface area contributed by atoms with Crippen LogP contribution in [0.3, 0.4) is 0 Å². The van der Waals surface area contributed by atoms with E-state index in [0.717, 1.165) is 47.6 Å². The van der Waals surface area contributed by atoms with Crippen LogP contribution in [0.4, 0.5) is 0 Å². The Kier molecular flexibility index (Phi) is 10.3. The Morgan fingerprint density at radius 3 is 2.16 bits per heavy atom. The Morgan fingerprint density at radius 1 is 0.806 bits per heavy atom. The molecular formula is C28H42N2O. The van der Waals surface area contributed by atoms with Gasteiger partial charge in [0.2, 0.25) is 0 Å². The fourth-order valence-electron chi connectivity index (χ4n) is 5.00. The summed E-state index contributed by atoms with van der Waals surface area (Å²) in [5, 5.41) is 0. The lowest BCUT2D eigenvalue weighted by Crippen LogP contribution is -2.20. The number of benzene rings is 1. The van der Waals surface area contributed by atoms with E-state index < -0.39 is 0 Å². The number of hydrogen-bond acceptors (Lipinski definition) is 3. The highest BCUT2D eigenvalue weighted by Crippen LogP contribution is 2.36. The van der Waals surface area contributed by atoms with Crippen LogP contribution in [0.25, 0.3) is 11.3 Å². The average molecular weight is 423 g/mol. The van der Waals surface area contributed by atoms with E-state index in [2.05, 4.69) is 48.1 Å². The molecule has 1 aliphatic carbocycles. The topological polar surface area (TPSA) is 35.0 Å². The van der Waals surface area contributed by atoms with Gasteiger partial charge in [0.15, 0.2) is 0 Å². The monoisotopic (exact) mass is 422 g/mol. The first kappa shape index (κ1) is 23.8. The molecule has 1 heterocycles. The van der Waals surface area contributed by atoms with E-state index in [1.165, 1.54) is 77.0 Å². The fourth-order valence-corrected chi connectivity index (χ4v) is 5.00. The smallest absolute Gasteiger partial charge is 0.119 e. The van der Waals surface area contributed by atoms with E-state index in [1.54, 1.807) is 0 Å². The molecule has 2 aromatic rings. The van der Waals surface area contributed by atoms with Gasteiger partial charge in [0.05, 0.1) is 24.2 Å². The van der Waals surface area contributed by atoms with E-state index in [1.807, 2.05) is 12.4 Å². The van der Waals surface area contributed by atoms with Crippen molar-refractivity contribution < 1.29 is 4.74 Å². The Hall–Kier alpha value is -1.90. The number of aromatic nitrogens is 2. The zero-order chi connectivity index (χ0) is 21.7. The van der Waals surface area contributed by atoms with Crippen LogP contribution in [0, 0.1) is 11.8 Å². The van der Waals surface area contributed by atoms with Crippen molar-refractivity contribution in [2.75, 3.05) is 6.61 Å². The molecule has 1 saturated carbocycles. The summed E-state index contributed by atoms with van der Waals surface area (Å²) in [5.74, 6) is 2.85. The first-order valence-corrected chi connectivity index (χ1v) is 12.8. The molecule has 3 rings (SSSR count). The molecule has 1 aromatic carbocycles. The molecular weight excluding hydrogens is 380 g/mol. The summed E-state index contributed by atoms with van der Waals surface area (Å²) < 4.78 is 6.05. The normalized spacial score (nSPS) is 18.8. The average Bonchev–Trinajstić information content (AvgIpc) is 2.83. The summed E-state index contributed by atoms with van der Waals surface area (Å²) >= 11 is 0. The van der Waals surface area contributed by atoms with Crippen LogP contribution >= 0.6 is 0 Å². The standard InChI is InChI=1S/C28H42N2O/c1-3-5-6-7-8-12-23-13-9-10-14-24(23)15-11-20-31-27-18-16-25(17-19-27)28-22-29-26(4-2)21-30-28/h16-19,21-24H,3-15,20H2,1-2H3. The maximum atomic E-state index is 6.05. The van der Waals surface area contributed by atoms with Gasteiger partial charge in [-0.25, -0.2) is 0 Å². The minimum atomic E-state index is 0.823. The SMILES string of the molecule is CCCCCCCC1CCCCC1CCCOc1ccc(-c2cnc(CC)cn2)cc1. The molecule has 0 bridgehead atoms. The van der Waals surface area contributed by atoms with Crippen molar-refractivity contribution in [3.8, 4) is 17.0 Å².